The summed E-state index contributed by atoms with van der Waals surface area (Å²) in [5, 5.41) is 8.68. The molecule has 0 spiro atoms. The van der Waals surface area contributed by atoms with E-state index in [0.29, 0.717) is 52.4 Å². The fraction of sp³-hybridized carbons (Fsp3) is 0.600. The highest BCUT2D eigenvalue weighted by Crippen LogP contribution is 2.05. The van der Waals surface area contributed by atoms with Crippen LogP contribution in [-0.4, -0.2) is 87.3 Å². The van der Waals surface area contributed by atoms with Crippen LogP contribution in [0.15, 0.2) is 24.4 Å². The lowest BCUT2D eigenvalue weighted by atomic mass is 10.3. The van der Waals surface area contributed by atoms with Crippen molar-refractivity contribution in [2.75, 3.05) is 63.9 Å². The van der Waals surface area contributed by atoms with Gasteiger partial charge in [-0.2, -0.15) is 4.31 Å². The van der Waals surface area contributed by atoms with Gasteiger partial charge in [-0.3, -0.25) is 4.90 Å². The summed E-state index contributed by atoms with van der Waals surface area (Å²) in [6.07, 6.45) is 2.94. The molecule has 1 aliphatic rings. The van der Waals surface area contributed by atoms with E-state index in [1.165, 1.54) is 10.6 Å². The molecule has 0 aromatic carbocycles. The quantitative estimate of drug-likeness (QED) is 0.526. The summed E-state index contributed by atoms with van der Waals surface area (Å²) >= 11 is 0. The van der Waals surface area contributed by atoms with Crippen LogP contribution in [0.5, 0.6) is 0 Å². The van der Waals surface area contributed by atoms with Crippen LogP contribution < -0.4 is 16.0 Å². The molecule has 1 aromatic rings. The van der Waals surface area contributed by atoms with Gasteiger partial charge in [-0.05, 0) is 12.1 Å². The molecular formula is C15H26N6O3S. The maximum atomic E-state index is 11.7. The average Bonchev–Trinajstić information content (AvgIpc) is 2.59. The van der Waals surface area contributed by atoms with E-state index in [4.69, 9.17) is 0 Å². The third kappa shape index (κ3) is 7.24. The second-order valence-corrected chi connectivity index (χ2v) is 7.81. The Kier molecular flexibility index (Phi) is 7.41. The first-order chi connectivity index (χ1) is 11.9. The maximum Gasteiger partial charge on any atom is 0.314 e. The highest BCUT2D eigenvalue weighted by molar-refractivity contribution is 7.88. The van der Waals surface area contributed by atoms with Crippen molar-refractivity contribution in [2.45, 2.75) is 0 Å². The van der Waals surface area contributed by atoms with Crippen LogP contribution in [0.1, 0.15) is 0 Å². The summed E-state index contributed by atoms with van der Waals surface area (Å²) in [5.74, 6) is 0.776. The predicted molar refractivity (Wildman–Crippen MR) is 97.0 cm³/mol. The van der Waals surface area contributed by atoms with Gasteiger partial charge in [-0.1, -0.05) is 6.07 Å². The van der Waals surface area contributed by atoms with Crippen molar-refractivity contribution in [1.82, 2.24) is 24.8 Å². The van der Waals surface area contributed by atoms with E-state index >= 15 is 0 Å². The van der Waals surface area contributed by atoms with E-state index in [1.807, 2.05) is 18.2 Å². The molecule has 140 valence electrons. The SMILES string of the molecule is CS(=O)(=O)N1CCN(CCNC(=O)NCCNc2ccccn2)CC1. The van der Waals surface area contributed by atoms with Crippen LogP contribution in [0.3, 0.4) is 0 Å². The second-order valence-electron chi connectivity index (χ2n) is 5.83. The lowest BCUT2D eigenvalue weighted by molar-refractivity contribution is 0.188. The van der Waals surface area contributed by atoms with Gasteiger partial charge in [0.1, 0.15) is 5.82 Å². The summed E-state index contributed by atoms with van der Waals surface area (Å²) < 4.78 is 24.4. The molecule has 0 aliphatic carbocycles. The molecule has 0 saturated carbocycles. The molecule has 1 aliphatic heterocycles. The number of amides is 2. The number of aromatic nitrogens is 1. The number of hydrogen-bond acceptors (Lipinski definition) is 6. The molecule has 0 atom stereocenters. The number of urea groups is 1. The van der Waals surface area contributed by atoms with Crippen LogP contribution in [0, 0.1) is 0 Å². The van der Waals surface area contributed by atoms with E-state index in [9.17, 15) is 13.2 Å². The monoisotopic (exact) mass is 370 g/mol. The van der Waals surface area contributed by atoms with Crippen LogP contribution in [0.25, 0.3) is 0 Å². The molecule has 2 heterocycles. The lowest BCUT2D eigenvalue weighted by Gasteiger charge is -2.33. The molecule has 1 fully saturated rings. The number of rotatable bonds is 8. The van der Waals surface area contributed by atoms with Gasteiger partial charge in [0, 0.05) is 58.6 Å². The fourth-order valence-electron chi connectivity index (χ4n) is 2.51. The standard InChI is InChI=1S/C15H26N6O3S/c1-25(23,24)21-12-10-20(11-13-21)9-8-19-15(22)18-7-6-17-14-4-2-3-5-16-14/h2-5H,6-13H2,1H3,(H,16,17)(H2,18,19,22). The zero-order chi connectivity index (χ0) is 18.1. The van der Waals surface area contributed by atoms with Crippen molar-refractivity contribution in [3.05, 3.63) is 24.4 Å². The Labute approximate surface area is 148 Å². The van der Waals surface area contributed by atoms with Gasteiger partial charge in [-0.25, -0.2) is 18.2 Å². The molecular weight excluding hydrogens is 344 g/mol. The van der Waals surface area contributed by atoms with E-state index in [2.05, 4.69) is 25.8 Å². The zero-order valence-corrected chi connectivity index (χ0v) is 15.3. The number of anilines is 1. The normalized spacial score (nSPS) is 16.4. The Bertz CT molecular complexity index is 632. The number of sulfonamides is 1. The number of nitrogens with zero attached hydrogens (tertiary/aromatic N) is 3. The number of hydrogen-bond donors (Lipinski definition) is 3. The smallest absolute Gasteiger partial charge is 0.314 e. The third-order valence-corrected chi connectivity index (χ3v) is 5.20. The lowest BCUT2D eigenvalue weighted by Crippen LogP contribution is -2.50. The highest BCUT2D eigenvalue weighted by Gasteiger charge is 2.22. The molecule has 25 heavy (non-hydrogen) atoms. The van der Waals surface area contributed by atoms with E-state index in [1.54, 1.807) is 6.20 Å². The van der Waals surface area contributed by atoms with Crippen molar-refractivity contribution in [3.63, 3.8) is 0 Å². The molecule has 10 heteroatoms. The first kappa shape index (κ1) is 19.4. The maximum absolute atomic E-state index is 11.7. The Balaban J connectivity index is 1.51. The van der Waals surface area contributed by atoms with Crippen molar-refractivity contribution in [1.29, 1.82) is 0 Å². The van der Waals surface area contributed by atoms with Crippen molar-refractivity contribution < 1.29 is 13.2 Å². The number of carbonyl (C=O) groups excluding carboxylic acids is 1. The molecule has 3 N–H and O–H groups in total. The van der Waals surface area contributed by atoms with Crippen molar-refractivity contribution in [3.8, 4) is 0 Å². The van der Waals surface area contributed by atoms with Crippen LogP contribution >= 0.6 is 0 Å². The summed E-state index contributed by atoms with van der Waals surface area (Å²) in [4.78, 5) is 18.0. The van der Waals surface area contributed by atoms with E-state index in [0.717, 1.165) is 5.82 Å². The van der Waals surface area contributed by atoms with Gasteiger partial charge in [0.15, 0.2) is 0 Å². The molecule has 9 nitrogen and oxygen atoms in total. The van der Waals surface area contributed by atoms with Gasteiger partial charge in [-0.15, -0.1) is 0 Å². The first-order valence-corrected chi connectivity index (χ1v) is 10.1. The van der Waals surface area contributed by atoms with Gasteiger partial charge < -0.3 is 16.0 Å². The second kappa shape index (κ2) is 9.54. The minimum Gasteiger partial charge on any atom is -0.368 e. The molecule has 2 amide bonds. The largest absolute Gasteiger partial charge is 0.368 e. The molecule has 1 aromatic heterocycles. The molecule has 2 rings (SSSR count). The number of carbonyl (C=O) groups is 1. The minimum atomic E-state index is -3.10. The van der Waals surface area contributed by atoms with Gasteiger partial charge in [0.25, 0.3) is 0 Å². The van der Waals surface area contributed by atoms with Crippen LogP contribution in [0.2, 0.25) is 0 Å². The highest BCUT2D eigenvalue weighted by atomic mass is 32.2. The molecule has 0 unspecified atom stereocenters. The first-order valence-electron chi connectivity index (χ1n) is 8.29. The molecule has 1 saturated heterocycles. The predicted octanol–water partition coefficient (Wildman–Crippen LogP) is -0.630. The summed E-state index contributed by atoms with van der Waals surface area (Å²) in [6.45, 7) is 4.70. The number of piperazine rings is 1. The van der Waals surface area contributed by atoms with Crippen molar-refractivity contribution >= 4 is 21.9 Å². The zero-order valence-electron chi connectivity index (χ0n) is 14.4. The summed E-state index contributed by atoms with van der Waals surface area (Å²) in [6, 6.07) is 5.39. The Morgan fingerprint density at radius 3 is 2.48 bits per heavy atom. The minimum absolute atomic E-state index is 0.211. The van der Waals surface area contributed by atoms with Gasteiger partial charge in [0.2, 0.25) is 10.0 Å². The topological polar surface area (TPSA) is 107 Å². The number of nitrogens with one attached hydrogen (secondary N) is 3. The van der Waals surface area contributed by atoms with Crippen LogP contribution in [0.4, 0.5) is 10.6 Å². The Morgan fingerprint density at radius 2 is 1.84 bits per heavy atom. The van der Waals surface area contributed by atoms with E-state index in [-0.39, 0.29) is 6.03 Å². The Hall–Kier alpha value is -1.91. The third-order valence-electron chi connectivity index (χ3n) is 3.90. The summed E-state index contributed by atoms with van der Waals surface area (Å²) in [5.41, 5.74) is 0. The van der Waals surface area contributed by atoms with Crippen LogP contribution in [-0.2, 0) is 10.0 Å². The fourth-order valence-corrected chi connectivity index (χ4v) is 3.34. The van der Waals surface area contributed by atoms with Gasteiger partial charge in [0.05, 0.1) is 6.26 Å². The molecule has 0 radical (unpaired) electrons. The van der Waals surface area contributed by atoms with Crippen molar-refractivity contribution in [2.24, 2.45) is 0 Å². The van der Waals surface area contributed by atoms with E-state index < -0.39 is 10.0 Å². The Morgan fingerprint density at radius 1 is 1.12 bits per heavy atom. The average molecular weight is 370 g/mol. The number of pyridine rings is 1. The van der Waals surface area contributed by atoms with Gasteiger partial charge >= 0.3 is 6.03 Å². The molecule has 0 bridgehead atoms. The summed E-state index contributed by atoms with van der Waals surface area (Å²) in [7, 11) is -3.10.